The van der Waals surface area contributed by atoms with Gasteiger partial charge in [-0.3, -0.25) is 4.79 Å². The van der Waals surface area contributed by atoms with E-state index in [4.69, 9.17) is 4.74 Å². The first-order chi connectivity index (χ1) is 9.17. The maximum Gasteiger partial charge on any atom is 0.244 e. The highest BCUT2D eigenvalue weighted by Gasteiger charge is 2.37. The summed E-state index contributed by atoms with van der Waals surface area (Å²) >= 11 is 0. The minimum Gasteiger partial charge on any atom is -0.497 e. The van der Waals surface area contributed by atoms with Crippen LogP contribution < -0.4 is 10.1 Å². The summed E-state index contributed by atoms with van der Waals surface area (Å²) in [6.45, 7) is 0.00904. The lowest BCUT2D eigenvalue weighted by molar-refractivity contribution is -0.120. The zero-order chi connectivity index (χ0) is 13.7. The monoisotopic (exact) mass is 261 g/mol. The number of hydrogen-bond acceptors (Lipinski definition) is 3. The minimum absolute atomic E-state index is 0.00904. The van der Waals surface area contributed by atoms with Crippen LogP contribution in [0.5, 0.6) is 5.75 Å². The predicted octanol–water partition coefficient (Wildman–Crippen LogP) is 1.74. The number of carbonyl (C=O) groups excluding carboxylic acids is 1. The van der Waals surface area contributed by atoms with E-state index >= 15 is 0 Å². The summed E-state index contributed by atoms with van der Waals surface area (Å²) in [5, 5.41) is 12.1. The van der Waals surface area contributed by atoms with E-state index in [1.807, 2.05) is 24.3 Å². The lowest BCUT2D eigenvalue weighted by atomic mass is 9.77. The molecule has 0 unspecified atom stereocenters. The van der Waals surface area contributed by atoms with Crippen molar-refractivity contribution in [2.24, 2.45) is 0 Å². The average molecular weight is 261 g/mol. The molecular weight excluding hydrogens is 242 g/mol. The molecule has 102 valence electrons. The molecule has 0 aromatic heterocycles. The number of carbonyl (C=O) groups is 1. The molecule has 1 saturated carbocycles. The number of nitrogens with one attached hydrogen (secondary N) is 1. The number of aliphatic hydroxyl groups excluding tert-OH is 1. The molecule has 0 aliphatic heterocycles. The van der Waals surface area contributed by atoms with Crippen molar-refractivity contribution in [3.05, 3.63) is 35.9 Å². The Kier molecular flexibility index (Phi) is 4.22. The van der Waals surface area contributed by atoms with Crippen LogP contribution in [0, 0.1) is 0 Å². The van der Waals surface area contributed by atoms with E-state index in [1.165, 1.54) is 6.08 Å². The molecule has 2 rings (SSSR count). The Balaban J connectivity index is 1.92. The number of ether oxygens (including phenoxy) is 1. The van der Waals surface area contributed by atoms with Gasteiger partial charge >= 0.3 is 0 Å². The zero-order valence-electron chi connectivity index (χ0n) is 11.1. The van der Waals surface area contributed by atoms with E-state index in [0.717, 1.165) is 30.6 Å². The van der Waals surface area contributed by atoms with E-state index < -0.39 is 0 Å². The third kappa shape index (κ3) is 3.35. The van der Waals surface area contributed by atoms with Gasteiger partial charge in [-0.2, -0.15) is 0 Å². The summed E-state index contributed by atoms with van der Waals surface area (Å²) in [4.78, 5) is 11.8. The predicted molar refractivity (Wildman–Crippen MR) is 73.8 cm³/mol. The molecule has 0 saturated heterocycles. The quantitative estimate of drug-likeness (QED) is 0.794. The second-order valence-electron chi connectivity index (χ2n) is 4.89. The van der Waals surface area contributed by atoms with E-state index in [2.05, 4.69) is 5.32 Å². The smallest absolute Gasteiger partial charge is 0.244 e. The van der Waals surface area contributed by atoms with Crippen LogP contribution in [-0.4, -0.2) is 30.3 Å². The van der Waals surface area contributed by atoms with Crippen LogP contribution in [0.2, 0.25) is 0 Å². The molecule has 0 bridgehead atoms. The number of amides is 1. The molecule has 1 aliphatic carbocycles. The third-order valence-corrected chi connectivity index (χ3v) is 3.54. The Bertz CT molecular complexity index is 455. The van der Waals surface area contributed by atoms with Crippen molar-refractivity contribution in [2.75, 3.05) is 13.7 Å². The molecule has 0 heterocycles. The fourth-order valence-corrected chi connectivity index (χ4v) is 2.12. The first-order valence-corrected chi connectivity index (χ1v) is 6.43. The van der Waals surface area contributed by atoms with E-state index in [9.17, 15) is 9.90 Å². The zero-order valence-corrected chi connectivity index (χ0v) is 11.1. The lowest BCUT2D eigenvalue weighted by Crippen LogP contribution is -2.55. The molecule has 1 amide bonds. The Morgan fingerprint density at radius 1 is 1.42 bits per heavy atom. The van der Waals surface area contributed by atoms with Crippen LogP contribution in [0.1, 0.15) is 24.8 Å². The van der Waals surface area contributed by atoms with Crippen LogP contribution in [0.4, 0.5) is 0 Å². The SMILES string of the molecule is COc1ccc(/C=C/C(=O)NC2(CO)CCC2)cc1. The topological polar surface area (TPSA) is 58.6 Å². The van der Waals surface area contributed by atoms with Gasteiger partial charge in [0, 0.05) is 6.08 Å². The number of hydrogen-bond donors (Lipinski definition) is 2. The fourth-order valence-electron chi connectivity index (χ4n) is 2.12. The summed E-state index contributed by atoms with van der Waals surface area (Å²) in [5.41, 5.74) is 0.545. The molecule has 1 fully saturated rings. The number of benzene rings is 1. The molecule has 1 aromatic rings. The third-order valence-electron chi connectivity index (χ3n) is 3.54. The minimum atomic E-state index is -0.388. The summed E-state index contributed by atoms with van der Waals surface area (Å²) in [6, 6.07) is 7.46. The molecule has 0 atom stereocenters. The van der Waals surface area contributed by atoms with Gasteiger partial charge in [-0.1, -0.05) is 12.1 Å². The van der Waals surface area contributed by atoms with Crippen LogP contribution in [0.15, 0.2) is 30.3 Å². The van der Waals surface area contributed by atoms with Gasteiger partial charge in [0.15, 0.2) is 0 Å². The largest absolute Gasteiger partial charge is 0.497 e. The van der Waals surface area contributed by atoms with Crippen molar-refractivity contribution in [2.45, 2.75) is 24.8 Å². The first kappa shape index (κ1) is 13.6. The van der Waals surface area contributed by atoms with Gasteiger partial charge in [-0.05, 0) is 43.0 Å². The van der Waals surface area contributed by atoms with E-state index in [-0.39, 0.29) is 18.1 Å². The van der Waals surface area contributed by atoms with Crippen molar-refractivity contribution in [1.29, 1.82) is 0 Å². The average Bonchev–Trinajstić information content (AvgIpc) is 2.41. The second kappa shape index (κ2) is 5.89. The van der Waals surface area contributed by atoms with Gasteiger partial charge in [0.25, 0.3) is 0 Å². The van der Waals surface area contributed by atoms with Gasteiger partial charge in [0.2, 0.25) is 5.91 Å². The fraction of sp³-hybridized carbons (Fsp3) is 0.400. The highest BCUT2D eigenvalue weighted by atomic mass is 16.5. The maximum atomic E-state index is 11.8. The normalized spacial score (nSPS) is 16.9. The Morgan fingerprint density at radius 3 is 2.58 bits per heavy atom. The molecule has 19 heavy (non-hydrogen) atoms. The maximum absolute atomic E-state index is 11.8. The van der Waals surface area contributed by atoms with Crippen molar-refractivity contribution in [3.63, 3.8) is 0 Å². The molecule has 1 aromatic carbocycles. The highest BCUT2D eigenvalue weighted by Crippen LogP contribution is 2.31. The van der Waals surface area contributed by atoms with Gasteiger partial charge in [-0.25, -0.2) is 0 Å². The molecule has 4 nitrogen and oxygen atoms in total. The van der Waals surface area contributed by atoms with Crippen LogP contribution in [0.3, 0.4) is 0 Å². The number of rotatable bonds is 5. The number of aliphatic hydroxyl groups is 1. The van der Waals surface area contributed by atoms with E-state index in [0.29, 0.717) is 0 Å². The summed E-state index contributed by atoms with van der Waals surface area (Å²) in [5.74, 6) is 0.625. The molecule has 1 aliphatic rings. The first-order valence-electron chi connectivity index (χ1n) is 6.43. The van der Waals surface area contributed by atoms with Crippen LogP contribution in [0.25, 0.3) is 6.08 Å². The van der Waals surface area contributed by atoms with Crippen molar-refractivity contribution >= 4 is 12.0 Å². The van der Waals surface area contributed by atoms with Gasteiger partial charge < -0.3 is 15.2 Å². The van der Waals surface area contributed by atoms with Crippen molar-refractivity contribution < 1.29 is 14.6 Å². The van der Waals surface area contributed by atoms with Gasteiger partial charge in [0.1, 0.15) is 5.75 Å². The summed E-state index contributed by atoms with van der Waals surface area (Å²) < 4.78 is 5.07. The molecule has 0 radical (unpaired) electrons. The van der Waals surface area contributed by atoms with Gasteiger partial charge in [-0.15, -0.1) is 0 Å². The van der Waals surface area contributed by atoms with E-state index in [1.54, 1.807) is 13.2 Å². The van der Waals surface area contributed by atoms with Crippen molar-refractivity contribution in [1.82, 2.24) is 5.32 Å². The van der Waals surface area contributed by atoms with Gasteiger partial charge in [0.05, 0.1) is 19.3 Å². The lowest BCUT2D eigenvalue weighted by Gasteiger charge is -2.40. The Hall–Kier alpha value is -1.81. The van der Waals surface area contributed by atoms with Crippen LogP contribution >= 0.6 is 0 Å². The Labute approximate surface area is 113 Å². The molecule has 2 N–H and O–H groups in total. The Morgan fingerprint density at radius 2 is 2.11 bits per heavy atom. The summed E-state index contributed by atoms with van der Waals surface area (Å²) in [6.07, 6.45) is 6.01. The van der Waals surface area contributed by atoms with Crippen LogP contribution in [-0.2, 0) is 4.79 Å². The van der Waals surface area contributed by atoms with Crippen molar-refractivity contribution in [3.8, 4) is 5.75 Å². The molecule has 4 heteroatoms. The number of methoxy groups -OCH3 is 1. The summed E-state index contributed by atoms with van der Waals surface area (Å²) in [7, 11) is 1.62. The highest BCUT2D eigenvalue weighted by molar-refractivity contribution is 5.92. The second-order valence-corrected chi connectivity index (χ2v) is 4.89. The molecular formula is C15H19NO3. The molecule has 0 spiro atoms. The standard InChI is InChI=1S/C15H19NO3/c1-19-13-6-3-12(4-7-13)5-8-14(18)16-15(11-17)9-2-10-15/h3-8,17H,2,9-11H2,1H3,(H,16,18)/b8-5+.